The number of hydrogen-bond acceptors (Lipinski definition) is 3. The lowest BCUT2D eigenvalue weighted by Gasteiger charge is -2.13. The first-order chi connectivity index (χ1) is 4.34. The van der Waals surface area contributed by atoms with Crippen LogP contribution < -0.4 is 11.1 Å². The molecule has 0 radical (unpaired) electrons. The van der Waals surface area contributed by atoms with Crippen molar-refractivity contribution in [3.05, 3.63) is 0 Å². The molecule has 9 heavy (non-hydrogen) atoms. The molecule has 1 aliphatic heterocycles. The maximum atomic E-state index is 5.72. The smallest absolute Gasteiger partial charge is 0.0631 e. The third-order valence-corrected chi connectivity index (χ3v) is 1.75. The molecule has 1 fully saturated rings. The van der Waals surface area contributed by atoms with Crippen molar-refractivity contribution >= 4 is 0 Å². The molecular weight excluding hydrogens is 116 g/mol. The summed E-state index contributed by atoms with van der Waals surface area (Å²) < 4.78 is 4.95. The maximum Gasteiger partial charge on any atom is 0.0631 e. The Morgan fingerprint density at radius 1 is 1.78 bits per heavy atom. The van der Waals surface area contributed by atoms with Crippen molar-refractivity contribution in [2.45, 2.75) is 18.5 Å². The Hall–Kier alpha value is -0.120. The van der Waals surface area contributed by atoms with Gasteiger partial charge in [0.05, 0.1) is 6.61 Å². The van der Waals surface area contributed by atoms with Gasteiger partial charge < -0.3 is 15.8 Å². The van der Waals surface area contributed by atoms with Crippen LogP contribution in [0.25, 0.3) is 0 Å². The summed E-state index contributed by atoms with van der Waals surface area (Å²) >= 11 is 0. The summed E-state index contributed by atoms with van der Waals surface area (Å²) in [7, 11) is 1.70. The molecule has 3 N–H and O–H groups in total. The van der Waals surface area contributed by atoms with Gasteiger partial charge in [0.15, 0.2) is 0 Å². The van der Waals surface area contributed by atoms with E-state index in [9.17, 15) is 0 Å². The van der Waals surface area contributed by atoms with Crippen molar-refractivity contribution < 1.29 is 4.74 Å². The highest BCUT2D eigenvalue weighted by Crippen LogP contribution is 2.03. The summed E-state index contributed by atoms with van der Waals surface area (Å²) in [6.45, 7) is 1.77. The Balaban J connectivity index is 2.22. The van der Waals surface area contributed by atoms with Crippen LogP contribution in [-0.4, -0.2) is 32.3 Å². The van der Waals surface area contributed by atoms with E-state index in [1.807, 2.05) is 0 Å². The van der Waals surface area contributed by atoms with Gasteiger partial charge in [-0.05, 0) is 13.0 Å². The van der Waals surface area contributed by atoms with Crippen LogP contribution in [0.2, 0.25) is 0 Å². The molecule has 3 nitrogen and oxygen atoms in total. The predicted octanol–water partition coefficient (Wildman–Crippen LogP) is -0.678. The molecule has 0 aromatic heterocycles. The highest BCUT2D eigenvalue weighted by atomic mass is 16.5. The Kier molecular flexibility index (Phi) is 2.45. The van der Waals surface area contributed by atoms with Gasteiger partial charge in [-0.3, -0.25) is 0 Å². The lowest BCUT2D eigenvalue weighted by Crippen LogP contribution is -2.39. The number of ether oxygens (including phenoxy) is 1. The lowest BCUT2D eigenvalue weighted by molar-refractivity contribution is 0.168. The van der Waals surface area contributed by atoms with Gasteiger partial charge in [-0.15, -0.1) is 0 Å². The van der Waals surface area contributed by atoms with Gasteiger partial charge in [0.2, 0.25) is 0 Å². The molecule has 3 heteroatoms. The van der Waals surface area contributed by atoms with Crippen molar-refractivity contribution in [3.63, 3.8) is 0 Å². The van der Waals surface area contributed by atoms with E-state index in [1.54, 1.807) is 7.11 Å². The molecule has 2 atom stereocenters. The van der Waals surface area contributed by atoms with Crippen molar-refractivity contribution in [3.8, 4) is 0 Å². The molecular formula is C6H14N2O. The normalized spacial score (nSPS) is 35.3. The van der Waals surface area contributed by atoms with Crippen molar-refractivity contribution in [2.24, 2.45) is 5.73 Å². The second-order valence-corrected chi connectivity index (χ2v) is 2.47. The van der Waals surface area contributed by atoms with Crippen LogP contribution in [0.1, 0.15) is 6.42 Å². The molecule has 0 aromatic carbocycles. The monoisotopic (exact) mass is 130 g/mol. The molecule has 0 spiro atoms. The van der Waals surface area contributed by atoms with Gasteiger partial charge >= 0.3 is 0 Å². The second kappa shape index (κ2) is 3.15. The quantitative estimate of drug-likeness (QED) is 0.521. The van der Waals surface area contributed by atoms with E-state index in [0.29, 0.717) is 12.1 Å². The average Bonchev–Trinajstić information content (AvgIpc) is 2.18. The zero-order valence-corrected chi connectivity index (χ0v) is 5.76. The SMILES string of the molecule is COCC1NCCC1N. The molecule has 0 saturated carbocycles. The van der Waals surface area contributed by atoms with E-state index < -0.39 is 0 Å². The van der Waals surface area contributed by atoms with Gasteiger partial charge in [0.25, 0.3) is 0 Å². The average molecular weight is 130 g/mol. The Bertz CT molecular complexity index is 87.1. The van der Waals surface area contributed by atoms with Crippen molar-refractivity contribution in [1.29, 1.82) is 0 Å². The summed E-state index contributed by atoms with van der Waals surface area (Å²) in [6, 6.07) is 0.681. The number of methoxy groups -OCH3 is 1. The summed E-state index contributed by atoms with van der Waals surface area (Å²) in [4.78, 5) is 0. The number of nitrogens with two attached hydrogens (primary N) is 1. The highest BCUT2D eigenvalue weighted by Gasteiger charge is 2.22. The molecule has 54 valence electrons. The largest absolute Gasteiger partial charge is 0.383 e. The summed E-state index contributed by atoms with van der Waals surface area (Å²) in [5.74, 6) is 0. The molecule has 1 heterocycles. The van der Waals surface area contributed by atoms with E-state index >= 15 is 0 Å². The standard InChI is InChI=1S/C6H14N2O/c1-9-4-6-5(7)2-3-8-6/h5-6,8H,2-4,7H2,1H3. The third kappa shape index (κ3) is 1.64. The van der Waals surface area contributed by atoms with E-state index in [-0.39, 0.29) is 0 Å². The minimum Gasteiger partial charge on any atom is -0.383 e. The first-order valence-electron chi connectivity index (χ1n) is 3.32. The predicted molar refractivity (Wildman–Crippen MR) is 36.3 cm³/mol. The van der Waals surface area contributed by atoms with Crippen molar-refractivity contribution in [2.75, 3.05) is 20.3 Å². The van der Waals surface area contributed by atoms with Crippen LogP contribution in [0.4, 0.5) is 0 Å². The number of hydrogen-bond donors (Lipinski definition) is 2. The zero-order chi connectivity index (χ0) is 6.69. The van der Waals surface area contributed by atoms with Crippen LogP contribution in [0.15, 0.2) is 0 Å². The second-order valence-electron chi connectivity index (χ2n) is 2.47. The summed E-state index contributed by atoms with van der Waals surface area (Å²) in [5.41, 5.74) is 5.72. The minimum atomic E-state index is 0.296. The first-order valence-corrected chi connectivity index (χ1v) is 3.32. The first kappa shape index (κ1) is 6.99. The van der Waals surface area contributed by atoms with Gasteiger partial charge in [-0.1, -0.05) is 0 Å². The van der Waals surface area contributed by atoms with Crippen LogP contribution in [0, 0.1) is 0 Å². The molecule has 1 saturated heterocycles. The van der Waals surface area contributed by atoms with E-state index in [2.05, 4.69) is 5.32 Å². The molecule has 0 aliphatic carbocycles. The molecule has 0 amide bonds. The van der Waals surface area contributed by atoms with E-state index in [4.69, 9.17) is 10.5 Å². The topological polar surface area (TPSA) is 47.3 Å². The molecule has 1 rings (SSSR count). The van der Waals surface area contributed by atoms with Crippen molar-refractivity contribution in [1.82, 2.24) is 5.32 Å². The van der Waals surface area contributed by atoms with Gasteiger partial charge in [0.1, 0.15) is 0 Å². The van der Waals surface area contributed by atoms with Gasteiger partial charge in [-0.25, -0.2) is 0 Å². The fourth-order valence-electron chi connectivity index (χ4n) is 1.15. The van der Waals surface area contributed by atoms with E-state index in [1.165, 1.54) is 0 Å². The van der Waals surface area contributed by atoms with Crippen LogP contribution in [0.5, 0.6) is 0 Å². The Labute approximate surface area is 55.6 Å². The molecule has 0 bridgehead atoms. The fraction of sp³-hybridized carbons (Fsp3) is 1.00. The maximum absolute atomic E-state index is 5.72. The van der Waals surface area contributed by atoms with E-state index in [0.717, 1.165) is 19.6 Å². The van der Waals surface area contributed by atoms with Gasteiger partial charge in [0, 0.05) is 19.2 Å². The molecule has 2 unspecified atom stereocenters. The minimum absolute atomic E-state index is 0.296. The Morgan fingerprint density at radius 3 is 3.00 bits per heavy atom. The zero-order valence-electron chi connectivity index (χ0n) is 5.76. The van der Waals surface area contributed by atoms with Gasteiger partial charge in [-0.2, -0.15) is 0 Å². The van der Waals surface area contributed by atoms with Crippen LogP contribution in [0.3, 0.4) is 0 Å². The lowest BCUT2D eigenvalue weighted by atomic mass is 10.1. The van der Waals surface area contributed by atoms with Crippen LogP contribution in [-0.2, 0) is 4.74 Å². The third-order valence-electron chi connectivity index (χ3n) is 1.75. The molecule has 0 aromatic rings. The highest BCUT2D eigenvalue weighted by molar-refractivity contribution is 4.85. The summed E-state index contributed by atoms with van der Waals surface area (Å²) in [5, 5.41) is 3.26. The Morgan fingerprint density at radius 2 is 2.56 bits per heavy atom. The fourth-order valence-corrected chi connectivity index (χ4v) is 1.15. The number of nitrogens with one attached hydrogen (secondary N) is 1. The van der Waals surface area contributed by atoms with Crippen LogP contribution >= 0.6 is 0 Å². The number of rotatable bonds is 2. The summed E-state index contributed by atoms with van der Waals surface area (Å²) in [6.07, 6.45) is 1.08. The molecule has 1 aliphatic rings.